The molecule has 1 atom stereocenters. The van der Waals surface area contributed by atoms with Crippen LogP contribution >= 0.6 is 0 Å². The highest BCUT2D eigenvalue weighted by Gasteiger charge is 2.50. The zero-order valence-electron chi connectivity index (χ0n) is 15.7. The van der Waals surface area contributed by atoms with E-state index in [0.29, 0.717) is 13.1 Å². The first kappa shape index (κ1) is 18.4. The summed E-state index contributed by atoms with van der Waals surface area (Å²) in [7, 11) is 0. The third-order valence-electron chi connectivity index (χ3n) is 6.38. The number of carbonyl (C=O) groups is 2. The molecule has 5 nitrogen and oxygen atoms in total. The Morgan fingerprint density at radius 2 is 1.89 bits per heavy atom. The van der Waals surface area contributed by atoms with Gasteiger partial charge in [0.05, 0.1) is 11.8 Å². The fourth-order valence-corrected chi connectivity index (χ4v) is 4.80. The zero-order chi connectivity index (χ0) is 18.9. The van der Waals surface area contributed by atoms with Crippen molar-refractivity contribution in [1.82, 2.24) is 9.80 Å². The summed E-state index contributed by atoms with van der Waals surface area (Å²) in [5.74, 6) is -0.0421. The van der Waals surface area contributed by atoms with Crippen LogP contribution in [0.2, 0.25) is 0 Å². The third kappa shape index (κ3) is 3.72. The molecular weight excluding hydrogens is 347 g/mol. The first-order chi connectivity index (χ1) is 13.1. The number of piperidine rings is 1. The topological polar surface area (TPSA) is 49.9 Å². The Kier molecular flexibility index (Phi) is 5.17. The van der Waals surface area contributed by atoms with E-state index in [9.17, 15) is 14.0 Å². The van der Waals surface area contributed by atoms with Gasteiger partial charge in [0.2, 0.25) is 11.8 Å². The molecule has 0 saturated carbocycles. The number of benzene rings is 1. The highest BCUT2D eigenvalue weighted by Crippen LogP contribution is 2.41. The number of hydrogen-bond acceptors (Lipinski definition) is 3. The summed E-state index contributed by atoms with van der Waals surface area (Å²) >= 11 is 0. The van der Waals surface area contributed by atoms with Crippen LogP contribution < -0.4 is 0 Å². The van der Waals surface area contributed by atoms with Crippen molar-refractivity contribution in [3.05, 3.63) is 35.6 Å². The molecule has 146 valence electrons. The Morgan fingerprint density at radius 1 is 1.15 bits per heavy atom. The van der Waals surface area contributed by atoms with E-state index in [1.807, 2.05) is 4.90 Å². The monoisotopic (exact) mass is 374 g/mol. The van der Waals surface area contributed by atoms with Crippen LogP contribution in [0.1, 0.15) is 37.7 Å². The van der Waals surface area contributed by atoms with Crippen LogP contribution in [0.15, 0.2) is 24.3 Å². The molecule has 4 rings (SSSR count). The molecule has 27 heavy (non-hydrogen) atoms. The van der Waals surface area contributed by atoms with Crippen molar-refractivity contribution < 1.29 is 18.7 Å². The molecule has 0 radical (unpaired) electrons. The molecule has 3 aliphatic heterocycles. The Morgan fingerprint density at radius 3 is 2.63 bits per heavy atom. The lowest BCUT2D eigenvalue weighted by atomic mass is 9.77. The Hall–Kier alpha value is -1.95. The molecule has 1 aromatic carbocycles. The van der Waals surface area contributed by atoms with Crippen molar-refractivity contribution in [2.45, 2.75) is 44.6 Å². The second-order valence-electron chi connectivity index (χ2n) is 8.09. The molecule has 3 heterocycles. The number of carbonyl (C=O) groups excluding carboxylic acids is 2. The van der Waals surface area contributed by atoms with Crippen LogP contribution in [0.3, 0.4) is 0 Å². The summed E-state index contributed by atoms with van der Waals surface area (Å²) in [6.07, 6.45) is 4.70. The van der Waals surface area contributed by atoms with E-state index < -0.39 is 5.41 Å². The molecule has 6 heteroatoms. The molecule has 3 saturated heterocycles. The fraction of sp³-hybridized carbons (Fsp3) is 0.619. The van der Waals surface area contributed by atoms with E-state index in [0.717, 1.165) is 57.4 Å². The Balaban J connectivity index is 1.41. The normalized spacial score (nSPS) is 26.8. The Bertz CT molecular complexity index is 702. The predicted molar refractivity (Wildman–Crippen MR) is 98.5 cm³/mol. The number of rotatable bonds is 3. The first-order valence-electron chi connectivity index (χ1n) is 9.98. The molecule has 1 unspecified atom stereocenters. The number of likely N-dealkylation sites (tertiary alicyclic amines) is 2. The van der Waals surface area contributed by atoms with Crippen LogP contribution in [0.5, 0.6) is 0 Å². The van der Waals surface area contributed by atoms with Gasteiger partial charge in [-0.1, -0.05) is 12.1 Å². The lowest BCUT2D eigenvalue weighted by Gasteiger charge is -2.44. The zero-order valence-corrected chi connectivity index (χ0v) is 15.7. The summed E-state index contributed by atoms with van der Waals surface area (Å²) in [5.41, 5.74) is 0.399. The quantitative estimate of drug-likeness (QED) is 0.816. The van der Waals surface area contributed by atoms with Gasteiger partial charge in [-0.15, -0.1) is 0 Å². The molecular formula is C21H27FN2O3. The average molecular weight is 374 g/mol. The van der Waals surface area contributed by atoms with Crippen molar-refractivity contribution in [1.29, 1.82) is 0 Å². The molecule has 3 fully saturated rings. The minimum Gasteiger partial charge on any atom is -0.381 e. The average Bonchev–Trinajstić information content (AvgIpc) is 3.12. The van der Waals surface area contributed by atoms with E-state index in [4.69, 9.17) is 4.74 Å². The number of amides is 2. The first-order valence-corrected chi connectivity index (χ1v) is 9.98. The van der Waals surface area contributed by atoms with E-state index in [1.165, 1.54) is 12.1 Å². The maximum absolute atomic E-state index is 13.3. The number of nitrogens with zero attached hydrogens (tertiary/aromatic N) is 2. The van der Waals surface area contributed by atoms with E-state index in [2.05, 4.69) is 4.90 Å². The highest BCUT2D eigenvalue weighted by molar-refractivity contribution is 5.86. The van der Waals surface area contributed by atoms with E-state index in [-0.39, 0.29) is 30.1 Å². The number of ether oxygens (including phenoxy) is 1. The molecule has 0 aromatic heterocycles. The molecule has 1 aromatic rings. The minimum atomic E-state index is -0.408. The summed E-state index contributed by atoms with van der Waals surface area (Å²) in [4.78, 5) is 29.9. The third-order valence-corrected chi connectivity index (χ3v) is 6.38. The number of hydrogen-bond donors (Lipinski definition) is 0. The van der Waals surface area contributed by atoms with Gasteiger partial charge in [-0.05, 0) is 49.8 Å². The molecule has 2 amide bonds. The van der Waals surface area contributed by atoms with Crippen molar-refractivity contribution >= 4 is 11.8 Å². The van der Waals surface area contributed by atoms with Crippen molar-refractivity contribution in [3.8, 4) is 0 Å². The Labute approximate surface area is 159 Å². The summed E-state index contributed by atoms with van der Waals surface area (Å²) in [6, 6.07) is 6.34. The van der Waals surface area contributed by atoms with E-state index >= 15 is 0 Å². The van der Waals surface area contributed by atoms with Gasteiger partial charge < -0.3 is 14.5 Å². The lowest BCUT2D eigenvalue weighted by Crippen LogP contribution is -2.55. The van der Waals surface area contributed by atoms with Crippen LogP contribution in [-0.4, -0.2) is 60.5 Å². The van der Waals surface area contributed by atoms with Gasteiger partial charge >= 0.3 is 0 Å². The minimum absolute atomic E-state index is 0.0227. The SMILES string of the molecule is O=C(Cc1ccc(F)cc1)N1CCC2(CCCN(C3CCOCC3)C2=O)C1. The second kappa shape index (κ2) is 7.58. The van der Waals surface area contributed by atoms with Crippen molar-refractivity contribution in [3.63, 3.8) is 0 Å². The standard InChI is InChI=1S/C21H27FN2O3/c22-17-4-2-16(3-5-17)14-19(25)23-11-9-21(15-23)8-1-10-24(20(21)26)18-6-12-27-13-7-18/h2-5,18H,1,6-15H2. The molecule has 0 aliphatic carbocycles. The summed E-state index contributed by atoms with van der Waals surface area (Å²) < 4.78 is 18.5. The van der Waals surface area contributed by atoms with Gasteiger partial charge in [0.25, 0.3) is 0 Å². The van der Waals surface area contributed by atoms with Crippen LogP contribution in [0, 0.1) is 11.2 Å². The molecule has 0 N–H and O–H groups in total. The summed E-state index contributed by atoms with van der Waals surface area (Å²) in [6.45, 7) is 3.43. The molecule has 3 aliphatic rings. The van der Waals surface area contributed by atoms with Crippen LogP contribution in [0.4, 0.5) is 4.39 Å². The fourth-order valence-electron chi connectivity index (χ4n) is 4.80. The van der Waals surface area contributed by atoms with Crippen LogP contribution in [-0.2, 0) is 20.7 Å². The number of halogens is 1. The van der Waals surface area contributed by atoms with E-state index in [1.54, 1.807) is 12.1 Å². The maximum atomic E-state index is 13.3. The maximum Gasteiger partial charge on any atom is 0.230 e. The van der Waals surface area contributed by atoms with Gasteiger partial charge in [0, 0.05) is 38.9 Å². The van der Waals surface area contributed by atoms with Gasteiger partial charge in [0.1, 0.15) is 5.82 Å². The van der Waals surface area contributed by atoms with Crippen molar-refractivity contribution in [2.24, 2.45) is 5.41 Å². The molecule has 1 spiro atoms. The van der Waals surface area contributed by atoms with Gasteiger partial charge in [0.15, 0.2) is 0 Å². The predicted octanol–water partition coefficient (Wildman–Crippen LogP) is 2.39. The van der Waals surface area contributed by atoms with Gasteiger partial charge in [-0.25, -0.2) is 4.39 Å². The van der Waals surface area contributed by atoms with Gasteiger partial charge in [-0.3, -0.25) is 9.59 Å². The highest BCUT2D eigenvalue weighted by atomic mass is 19.1. The largest absolute Gasteiger partial charge is 0.381 e. The van der Waals surface area contributed by atoms with Gasteiger partial charge in [-0.2, -0.15) is 0 Å². The van der Waals surface area contributed by atoms with Crippen molar-refractivity contribution in [2.75, 3.05) is 32.8 Å². The lowest BCUT2D eigenvalue weighted by molar-refractivity contribution is -0.150. The summed E-state index contributed by atoms with van der Waals surface area (Å²) in [5, 5.41) is 0. The molecule has 0 bridgehead atoms. The second-order valence-corrected chi connectivity index (χ2v) is 8.09. The van der Waals surface area contributed by atoms with Crippen LogP contribution in [0.25, 0.3) is 0 Å². The smallest absolute Gasteiger partial charge is 0.230 e.